The number of anilines is 1. The Labute approximate surface area is 137 Å². The quantitative estimate of drug-likeness (QED) is 0.713. The average molecular weight is 355 g/mol. The highest BCUT2D eigenvalue weighted by atomic mass is 79.9. The highest BCUT2D eigenvalue weighted by molar-refractivity contribution is 9.10. The molecule has 0 spiro atoms. The van der Waals surface area contributed by atoms with Crippen LogP contribution in [0.5, 0.6) is 0 Å². The number of carbonyl (C=O) groups excluding carboxylic acids is 1. The van der Waals surface area contributed by atoms with Gasteiger partial charge in [0.15, 0.2) is 0 Å². The Morgan fingerprint density at radius 3 is 2.64 bits per heavy atom. The first kappa shape index (κ1) is 14.7. The van der Waals surface area contributed by atoms with Gasteiger partial charge in [-0.1, -0.05) is 34.1 Å². The van der Waals surface area contributed by atoms with Gasteiger partial charge in [0.2, 0.25) is 0 Å². The van der Waals surface area contributed by atoms with Crippen molar-refractivity contribution in [2.24, 2.45) is 0 Å². The summed E-state index contributed by atoms with van der Waals surface area (Å²) < 4.78 is 0.994. The number of benzene rings is 2. The summed E-state index contributed by atoms with van der Waals surface area (Å²) in [5.41, 5.74) is 4.13. The van der Waals surface area contributed by atoms with Crippen molar-refractivity contribution in [3.63, 3.8) is 0 Å². The zero-order chi connectivity index (χ0) is 15.7. The zero-order valence-corrected chi connectivity index (χ0v) is 13.9. The lowest BCUT2D eigenvalue weighted by Crippen LogP contribution is -2.14. The molecule has 0 bridgehead atoms. The van der Waals surface area contributed by atoms with Gasteiger partial charge in [0.05, 0.1) is 11.1 Å². The molecule has 1 aromatic heterocycles. The van der Waals surface area contributed by atoms with Crippen molar-refractivity contribution in [2.75, 3.05) is 5.32 Å². The van der Waals surface area contributed by atoms with Crippen LogP contribution in [0.2, 0.25) is 0 Å². The SMILES string of the molecule is Cc1cc(C(=O)Nc2ccc(Br)cc2C)c2ccccc2n1. The number of carbonyl (C=O) groups is 1. The Morgan fingerprint density at radius 2 is 1.86 bits per heavy atom. The van der Waals surface area contributed by atoms with E-state index in [1.807, 2.05) is 62.4 Å². The Hall–Kier alpha value is -2.20. The Balaban J connectivity index is 2.02. The van der Waals surface area contributed by atoms with Crippen molar-refractivity contribution >= 4 is 38.4 Å². The molecule has 22 heavy (non-hydrogen) atoms. The van der Waals surface area contributed by atoms with Crippen LogP contribution >= 0.6 is 15.9 Å². The Morgan fingerprint density at radius 1 is 1.09 bits per heavy atom. The fourth-order valence-corrected chi connectivity index (χ4v) is 2.93. The van der Waals surface area contributed by atoms with Crippen LogP contribution in [0.3, 0.4) is 0 Å². The van der Waals surface area contributed by atoms with Gasteiger partial charge in [0.25, 0.3) is 5.91 Å². The molecule has 0 fully saturated rings. The molecule has 3 aromatic rings. The van der Waals surface area contributed by atoms with E-state index in [4.69, 9.17) is 0 Å². The van der Waals surface area contributed by atoms with Gasteiger partial charge in [-0.15, -0.1) is 0 Å². The van der Waals surface area contributed by atoms with Crippen LogP contribution < -0.4 is 5.32 Å². The van der Waals surface area contributed by atoms with E-state index in [2.05, 4.69) is 26.2 Å². The molecule has 0 unspecified atom stereocenters. The number of hydrogen-bond acceptors (Lipinski definition) is 2. The van der Waals surface area contributed by atoms with Gasteiger partial charge in [0.1, 0.15) is 0 Å². The predicted octanol–water partition coefficient (Wildman–Crippen LogP) is 4.87. The van der Waals surface area contributed by atoms with Gasteiger partial charge in [-0.05, 0) is 49.7 Å². The number of nitrogens with one attached hydrogen (secondary N) is 1. The Kier molecular flexibility index (Phi) is 3.94. The number of para-hydroxylation sites is 1. The van der Waals surface area contributed by atoms with Crippen molar-refractivity contribution in [2.45, 2.75) is 13.8 Å². The van der Waals surface area contributed by atoms with Crippen molar-refractivity contribution in [1.29, 1.82) is 0 Å². The van der Waals surface area contributed by atoms with E-state index in [0.29, 0.717) is 5.56 Å². The van der Waals surface area contributed by atoms with E-state index in [0.717, 1.165) is 32.3 Å². The first-order chi connectivity index (χ1) is 10.5. The average Bonchev–Trinajstić information content (AvgIpc) is 2.49. The Bertz CT molecular complexity index is 874. The molecule has 0 saturated heterocycles. The molecule has 0 aliphatic heterocycles. The topological polar surface area (TPSA) is 42.0 Å². The summed E-state index contributed by atoms with van der Waals surface area (Å²) in [5, 5.41) is 3.85. The molecule has 0 radical (unpaired) electrons. The summed E-state index contributed by atoms with van der Waals surface area (Å²) in [5.74, 6) is -0.118. The standard InChI is InChI=1S/C18H15BrN2O/c1-11-9-13(19)7-8-16(11)21-18(22)15-10-12(2)20-17-6-4-3-5-14(15)17/h3-10H,1-2H3,(H,21,22). The summed E-state index contributed by atoms with van der Waals surface area (Å²) >= 11 is 3.43. The lowest BCUT2D eigenvalue weighted by atomic mass is 10.1. The number of aromatic nitrogens is 1. The van der Waals surface area contributed by atoms with E-state index in [1.54, 1.807) is 0 Å². The summed E-state index contributed by atoms with van der Waals surface area (Å²) in [4.78, 5) is 17.1. The van der Waals surface area contributed by atoms with E-state index in [9.17, 15) is 4.79 Å². The monoisotopic (exact) mass is 354 g/mol. The summed E-state index contributed by atoms with van der Waals surface area (Å²) in [6.45, 7) is 3.87. The smallest absolute Gasteiger partial charge is 0.256 e. The molecule has 3 nitrogen and oxygen atoms in total. The number of amides is 1. The summed E-state index contributed by atoms with van der Waals surface area (Å²) in [6, 6.07) is 15.3. The lowest BCUT2D eigenvalue weighted by molar-refractivity contribution is 0.102. The molecular weight excluding hydrogens is 340 g/mol. The summed E-state index contributed by atoms with van der Waals surface area (Å²) in [6.07, 6.45) is 0. The zero-order valence-electron chi connectivity index (χ0n) is 12.4. The second-order valence-corrected chi connectivity index (χ2v) is 6.16. The number of rotatable bonds is 2. The van der Waals surface area contributed by atoms with Crippen LogP contribution in [0.25, 0.3) is 10.9 Å². The number of aryl methyl sites for hydroxylation is 2. The highest BCUT2D eigenvalue weighted by Gasteiger charge is 2.13. The summed E-state index contributed by atoms with van der Waals surface area (Å²) in [7, 11) is 0. The van der Waals surface area contributed by atoms with Crippen molar-refractivity contribution in [1.82, 2.24) is 4.98 Å². The molecule has 110 valence electrons. The number of halogens is 1. The number of fused-ring (bicyclic) bond motifs is 1. The van der Waals surface area contributed by atoms with Crippen LogP contribution in [0.1, 0.15) is 21.6 Å². The minimum atomic E-state index is -0.118. The van der Waals surface area contributed by atoms with Gasteiger partial charge < -0.3 is 5.32 Å². The molecule has 0 atom stereocenters. The van der Waals surface area contributed by atoms with Crippen molar-refractivity contribution in [3.8, 4) is 0 Å². The molecule has 2 aromatic carbocycles. The second-order valence-electron chi connectivity index (χ2n) is 5.24. The second kappa shape index (κ2) is 5.89. The maximum Gasteiger partial charge on any atom is 0.256 e. The first-order valence-electron chi connectivity index (χ1n) is 6.98. The van der Waals surface area contributed by atoms with Gasteiger partial charge in [-0.2, -0.15) is 0 Å². The van der Waals surface area contributed by atoms with Crippen molar-refractivity contribution < 1.29 is 4.79 Å². The van der Waals surface area contributed by atoms with Crippen LogP contribution in [-0.4, -0.2) is 10.9 Å². The van der Waals surface area contributed by atoms with E-state index in [1.165, 1.54) is 0 Å². The third-order valence-corrected chi connectivity index (χ3v) is 4.02. The largest absolute Gasteiger partial charge is 0.322 e. The maximum absolute atomic E-state index is 12.7. The van der Waals surface area contributed by atoms with E-state index < -0.39 is 0 Å². The molecule has 0 aliphatic carbocycles. The fourth-order valence-electron chi connectivity index (χ4n) is 2.45. The number of hydrogen-bond donors (Lipinski definition) is 1. The van der Waals surface area contributed by atoms with Crippen LogP contribution in [0.15, 0.2) is 53.0 Å². The maximum atomic E-state index is 12.7. The third kappa shape index (κ3) is 2.88. The third-order valence-electron chi connectivity index (χ3n) is 3.53. The fraction of sp³-hybridized carbons (Fsp3) is 0.111. The molecular formula is C18H15BrN2O. The normalized spacial score (nSPS) is 10.7. The first-order valence-corrected chi connectivity index (χ1v) is 7.78. The lowest BCUT2D eigenvalue weighted by Gasteiger charge is -2.11. The minimum Gasteiger partial charge on any atom is -0.322 e. The number of nitrogens with zero attached hydrogens (tertiary/aromatic N) is 1. The van der Waals surface area contributed by atoms with E-state index >= 15 is 0 Å². The van der Waals surface area contributed by atoms with Gasteiger partial charge in [-0.25, -0.2) is 0 Å². The molecule has 1 N–H and O–H groups in total. The highest BCUT2D eigenvalue weighted by Crippen LogP contribution is 2.23. The van der Waals surface area contributed by atoms with Crippen LogP contribution in [0.4, 0.5) is 5.69 Å². The molecule has 0 saturated carbocycles. The molecule has 3 rings (SSSR count). The van der Waals surface area contributed by atoms with Gasteiger partial charge >= 0.3 is 0 Å². The minimum absolute atomic E-state index is 0.118. The van der Waals surface area contributed by atoms with Gasteiger partial charge in [0, 0.05) is 21.2 Å². The molecule has 1 amide bonds. The van der Waals surface area contributed by atoms with Crippen molar-refractivity contribution in [3.05, 3.63) is 69.8 Å². The molecule has 4 heteroatoms. The van der Waals surface area contributed by atoms with Gasteiger partial charge in [-0.3, -0.25) is 9.78 Å². The van der Waals surface area contributed by atoms with Crippen LogP contribution in [-0.2, 0) is 0 Å². The number of pyridine rings is 1. The molecule has 0 aliphatic rings. The van der Waals surface area contributed by atoms with E-state index in [-0.39, 0.29) is 5.91 Å². The van der Waals surface area contributed by atoms with Crippen LogP contribution in [0, 0.1) is 13.8 Å². The predicted molar refractivity (Wildman–Crippen MR) is 93.3 cm³/mol. The molecule has 1 heterocycles.